The maximum absolute atomic E-state index is 9.59. The summed E-state index contributed by atoms with van der Waals surface area (Å²) in [7, 11) is 0. The van der Waals surface area contributed by atoms with Gasteiger partial charge >= 0.3 is 5.97 Å². The molecule has 3 aromatic rings. The Balaban J connectivity index is 0.000000493. The Morgan fingerprint density at radius 2 is 1.78 bits per heavy atom. The van der Waals surface area contributed by atoms with Crippen LogP contribution in [0.2, 0.25) is 0 Å². The van der Waals surface area contributed by atoms with Gasteiger partial charge in [-0.25, -0.2) is 14.8 Å². The molecule has 36 heavy (non-hydrogen) atoms. The van der Waals surface area contributed by atoms with E-state index in [0.717, 1.165) is 35.3 Å². The Bertz CT molecular complexity index is 1320. The molecule has 0 fully saturated rings. The van der Waals surface area contributed by atoms with E-state index >= 15 is 0 Å². The molecule has 0 aliphatic carbocycles. The molecule has 8 nitrogen and oxygen atoms in total. The van der Waals surface area contributed by atoms with Gasteiger partial charge in [-0.15, -0.1) is 0 Å². The van der Waals surface area contributed by atoms with Crippen LogP contribution >= 0.6 is 0 Å². The summed E-state index contributed by atoms with van der Waals surface area (Å²) in [6.45, 7) is 4.31. The van der Waals surface area contributed by atoms with Crippen LogP contribution in [-0.2, 0) is 27.2 Å². The Kier molecular flexibility index (Phi) is 10.7. The largest absolute Gasteiger partial charge is 0.478 e. The number of ether oxygens (including phenoxy) is 1. The highest BCUT2D eigenvalue weighted by Crippen LogP contribution is 2.21. The maximum Gasteiger partial charge on any atom is 0.331 e. The smallest absolute Gasteiger partial charge is 0.331 e. The van der Waals surface area contributed by atoms with Crippen molar-refractivity contribution in [1.29, 1.82) is 10.5 Å². The number of hydrogen-bond donors (Lipinski definition) is 1. The first-order valence-corrected chi connectivity index (χ1v) is 10.8. The molecule has 180 valence electrons. The van der Waals surface area contributed by atoms with E-state index in [4.69, 9.17) is 20.6 Å². The predicted molar refractivity (Wildman–Crippen MR) is 133 cm³/mol. The second-order valence-electron chi connectivity index (χ2n) is 7.60. The van der Waals surface area contributed by atoms with Gasteiger partial charge in [-0.3, -0.25) is 4.79 Å². The molecule has 0 bridgehead atoms. The topological polar surface area (TPSA) is 137 Å². The SMILES string of the molecule is Cc1cc(/C=C/C#N)cc(C)c1Cc1ccnc(Cc2ccc(C#N)cc2)n1.O=CO/C=C/C(=O)O. The molecule has 0 aliphatic heterocycles. The van der Waals surface area contributed by atoms with Gasteiger partial charge in [0.05, 0.1) is 23.8 Å². The number of nitriles is 2. The van der Waals surface area contributed by atoms with Crippen LogP contribution in [0.5, 0.6) is 0 Å². The lowest BCUT2D eigenvalue weighted by Crippen LogP contribution is -2.03. The lowest BCUT2D eigenvalue weighted by Gasteiger charge is -2.12. The minimum atomic E-state index is -1.15. The third-order valence-electron chi connectivity index (χ3n) is 4.98. The summed E-state index contributed by atoms with van der Waals surface area (Å²) in [4.78, 5) is 28.0. The van der Waals surface area contributed by atoms with Crippen molar-refractivity contribution in [3.63, 3.8) is 0 Å². The number of aryl methyl sites for hydroxylation is 2. The van der Waals surface area contributed by atoms with Gasteiger partial charge in [0.1, 0.15) is 12.1 Å². The van der Waals surface area contributed by atoms with E-state index in [0.29, 0.717) is 18.1 Å². The summed E-state index contributed by atoms with van der Waals surface area (Å²) in [6, 6.07) is 17.8. The van der Waals surface area contributed by atoms with Gasteiger partial charge in [-0.1, -0.05) is 24.3 Å². The van der Waals surface area contributed by atoms with E-state index < -0.39 is 5.97 Å². The van der Waals surface area contributed by atoms with Crippen molar-refractivity contribution in [3.05, 3.63) is 112 Å². The monoisotopic (exact) mass is 480 g/mol. The number of hydrogen-bond acceptors (Lipinski definition) is 7. The standard InChI is InChI=1S/C24H20N4.C4H4O4/c1-17-12-21(4-3-10-25)13-18(2)23(17)15-22-9-11-27-24(28-22)14-19-5-7-20(16-26)8-6-19;5-3-8-2-1-4(6)7/h3-9,11-13H,14-15H2,1-2H3;1-3H,(H,6,7)/b4-3+;2-1+. The van der Waals surface area contributed by atoms with Gasteiger partial charge in [0.25, 0.3) is 6.47 Å². The Labute approximate surface area is 209 Å². The van der Waals surface area contributed by atoms with Crippen molar-refractivity contribution in [2.24, 2.45) is 0 Å². The average molecular weight is 481 g/mol. The first-order chi connectivity index (χ1) is 17.4. The summed E-state index contributed by atoms with van der Waals surface area (Å²) < 4.78 is 3.90. The molecule has 0 saturated heterocycles. The molecule has 1 N–H and O–H groups in total. The van der Waals surface area contributed by atoms with Gasteiger partial charge in [0.15, 0.2) is 0 Å². The van der Waals surface area contributed by atoms with Crippen LogP contribution < -0.4 is 0 Å². The van der Waals surface area contributed by atoms with Gasteiger partial charge < -0.3 is 9.84 Å². The van der Waals surface area contributed by atoms with Gasteiger partial charge in [-0.2, -0.15) is 10.5 Å². The third-order valence-corrected chi connectivity index (χ3v) is 4.98. The molecule has 0 amide bonds. The van der Waals surface area contributed by atoms with Crippen molar-refractivity contribution in [3.8, 4) is 12.1 Å². The Morgan fingerprint density at radius 1 is 1.08 bits per heavy atom. The van der Waals surface area contributed by atoms with E-state index in [1.807, 2.05) is 42.5 Å². The molecular weight excluding hydrogens is 456 g/mol. The summed E-state index contributed by atoms with van der Waals surface area (Å²) in [5.74, 6) is -0.377. The number of benzene rings is 2. The van der Waals surface area contributed by atoms with E-state index in [1.165, 1.54) is 22.8 Å². The van der Waals surface area contributed by atoms with Crippen LogP contribution in [0.4, 0.5) is 0 Å². The average Bonchev–Trinajstić information content (AvgIpc) is 2.86. The predicted octanol–water partition coefficient (Wildman–Crippen LogP) is 4.44. The molecule has 0 atom stereocenters. The minimum absolute atomic E-state index is 0.138. The number of carbonyl (C=O) groups excluding carboxylic acids is 1. The number of rotatable bonds is 8. The number of aliphatic carboxylic acids is 1. The van der Waals surface area contributed by atoms with Crippen molar-refractivity contribution < 1.29 is 19.4 Å². The van der Waals surface area contributed by atoms with Crippen LogP contribution in [0.1, 0.15) is 44.9 Å². The van der Waals surface area contributed by atoms with Crippen LogP contribution in [0, 0.1) is 36.5 Å². The number of aromatic nitrogens is 2. The molecule has 0 saturated carbocycles. The maximum atomic E-state index is 9.59. The first-order valence-electron chi connectivity index (χ1n) is 10.8. The third kappa shape index (κ3) is 9.05. The van der Waals surface area contributed by atoms with Gasteiger partial charge in [0, 0.05) is 30.8 Å². The van der Waals surface area contributed by atoms with E-state index in [-0.39, 0.29) is 6.47 Å². The van der Waals surface area contributed by atoms with E-state index in [9.17, 15) is 9.59 Å². The van der Waals surface area contributed by atoms with Crippen molar-refractivity contribution in [1.82, 2.24) is 9.97 Å². The molecule has 1 heterocycles. The summed E-state index contributed by atoms with van der Waals surface area (Å²) in [5, 5.41) is 25.5. The van der Waals surface area contributed by atoms with Crippen molar-refractivity contribution in [2.45, 2.75) is 26.7 Å². The highest BCUT2D eigenvalue weighted by atomic mass is 16.5. The quantitative estimate of drug-likeness (QED) is 0.216. The highest BCUT2D eigenvalue weighted by molar-refractivity contribution is 5.79. The molecule has 3 rings (SSSR count). The normalized spacial score (nSPS) is 10.2. The highest BCUT2D eigenvalue weighted by Gasteiger charge is 2.08. The fourth-order valence-electron chi connectivity index (χ4n) is 3.35. The van der Waals surface area contributed by atoms with Crippen LogP contribution in [-0.4, -0.2) is 27.5 Å². The minimum Gasteiger partial charge on any atom is -0.478 e. The lowest BCUT2D eigenvalue weighted by atomic mass is 9.95. The Morgan fingerprint density at radius 3 is 2.36 bits per heavy atom. The summed E-state index contributed by atoms with van der Waals surface area (Å²) >= 11 is 0. The number of carboxylic acids is 1. The fraction of sp³-hybridized carbons (Fsp3) is 0.143. The Hall–Kier alpha value is -5.08. The first kappa shape index (κ1) is 27.2. The molecule has 0 spiro atoms. The molecule has 1 aromatic heterocycles. The van der Waals surface area contributed by atoms with Crippen LogP contribution in [0.3, 0.4) is 0 Å². The number of allylic oxidation sites excluding steroid dienone is 1. The molecule has 0 radical (unpaired) electrons. The number of carboxylic acid groups (broad SMARTS) is 1. The van der Waals surface area contributed by atoms with E-state index in [1.54, 1.807) is 6.20 Å². The molecule has 2 aromatic carbocycles. The zero-order valence-corrected chi connectivity index (χ0v) is 19.9. The lowest BCUT2D eigenvalue weighted by molar-refractivity contribution is -0.131. The number of carbonyl (C=O) groups is 2. The van der Waals surface area contributed by atoms with Crippen LogP contribution in [0.25, 0.3) is 6.08 Å². The molecule has 0 unspecified atom stereocenters. The number of nitrogens with zero attached hydrogens (tertiary/aromatic N) is 4. The van der Waals surface area contributed by atoms with Crippen molar-refractivity contribution in [2.75, 3.05) is 0 Å². The molecular formula is C28H24N4O4. The van der Waals surface area contributed by atoms with Gasteiger partial charge in [0.2, 0.25) is 0 Å². The second kappa shape index (κ2) is 14.2. The molecule has 8 heteroatoms. The second-order valence-corrected chi connectivity index (χ2v) is 7.60. The van der Waals surface area contributed by atoms with E-state index in [2.05, 4.69) is 41.8 Å². The zero-order valence-electron chi connectivity index (χ0n) is 19.9. The molecule has 0 aliphatic rings. The van der Waals surface area contributed by atoms with Gasteiger partial charge in [-0.05, 0) is 65.9 Å². The van der Waals surface area contributed by atoms with Crippen LogP contribution in [0.15, 0.2) is 67.1 Å². The summed E-state index contributed by atoms with van der Waals surface area (Å²) in [6.07, 6.45) is 8.00. The summed E-state index contributed by atoms with van der Waals surface area (Å²) in [5.41, 5.74) is 7.36. The zero-order chi connectivity index (χ0) is 26.3. The van der Waals surface area contributed by atoms with Crippen molar-refractivity contribution >= 4 is 18.5 Å². The fourth-order valence-corrected chi connectivity index (χ4v) is 3.35.